The number of rotatable bonds is 6. The van der Waals surface area contributed by atoms with E-state index in [1.165, 1.54) is 33.2 Å². The highest BCUT2D eigenvalue weighted by atomic mass is 32.2. The van der Waals surface area contributed by atoms with Gasteiger partial charge in [0.2, 0.25) is 15.9 Å². The Hall–Kier alpha value is -2.20. The lowest BCUT2D eigenvalue weighted by atomic mass is 10.3. The third kappa shape index (κ3) is 3.89. The number of anilines is 1. The van der Waals surface area contributed by atoms with Crippen molar-refractivity contribution in [2.24, 2.45) is 0 Å². The molecule has 0 saturated carbocycles. The molecule has 0 spiro atoms. The number of carbonyl (C=O) groups is 1. The summed E-state index contributed by atoms with van der Waals surface area (Å²) < 4.78 is 26.4. The van der Waals surface area contributed by atoms with E-state index in [4.69, 9.17) is 0 Å². The molecule has 10 heteroatoms. The molecule has 1 amide bonds. The van der Waals surface area contributed by atoms with E-state index in [0.29, 0.717) is 0 Å². The first-order chi connectivity index (χ1) is 9.72. The summed E-state index contributed by atoms with van der Waals surface area (Å²) in [5.41, 5.74) is -0.175. The number of carbonyl (C=O) groups excluding carboxylic acids is 1. The molecule has 1 rings (SSSR count). The van der Waals surface area contributed by atoms with Crippen molar-refractivity contribution in [1.82, 2.24) is 10.0 Å². The van der Waals surface area contributed by atoms with Crippen LogP contribution in [0.2, 0.25) is 0 Å². The highest BCUT2D eigenvalue weighted by molar-refractivity contribution is 7.89. The van der Waals surface area contributed by atoms with Crippen molar-refractivity contribution >= 4 is 27.3 Å². The summed E-state index contributed by atoms with van der Waals surface area (Å²) in [5, 5.41) is 15.8. The second-order valence-corrected chi connectivity index (χ2v) is 5.86. The molecule has 0 aliphatic rings. The lowest BCUT2D eigenvalue weighted by Crippen LogP contribution is -2.43. The number of nitrogens with one attached hydrogen (secondary N) is 3. The SMILES string of the molecule is CNC(=O)C(C)NS(=O)(=O)c1ccc(NC)c([N+](=O)[O-])c1. The van der Waals surface area contributed by atoms with Crippen molar-refractivity contribution in [2.45, 2.75) is 17.9 Å². The Labute approximate surface area is 121 Å². The van der Waals surface area contributed by atoms with Gasteiger partial charge in [-0.2, -0.15) is 4.72 Å². The van der Waals surface area contributed by atoms with E-state index in [0.717, 1.165) is 6.07 Å². The Morgan fingerprint density at radius 1 is 1.33 bits per heavy atom. The molecule has 0 bridgehead atoms. The third-order valence-electron chi connectivity index (χ3n) is 2.72. The van der Waals surface area contributed by atoms with Gasteiger partial charge in [0.15, 0.2) is 0 Å². The van der Waals surface area contributed by atoms with Gasteiger partial charge in [0.1, 0.15) is 5.69 Å². The number of hydrogen-bond acceptors (Lipinski definition) is 6. The van der Waals surface area contributed by atoms with Crippen LogP contribution in [0, 0.1) is 10.1 Å². The smallest absolute Gasteiger partial charge is 0.293 e. The molecule has 9 nitrogen and oxygen atoms in total. The normalized spacial score (nSPS) is 12.5. The predicted molar refractivity (Wildman–Crippen MR) is 76.5 cm³/mol. The maximum absolute atomic E-state index is 12.1. The van der Waals surface area contributed by atoms with Gasteiger partial charge in [-0.15, -0.1) is 0 Å². The highest BCUT2D eigenvalue weighted by Gasteiger charge is 2.24. The number of likely N-dealkylation sites (N-methyl/N-ethyl adjacent to an activating group) is 1. The molecule has 0 heterocycles. The van der Waals surface area contributed by atoms with Crippen molar-refractivity contribution in [2.75, 3.05) is 19.4 Å². The molecule has 116 valence electrons. The average Bonchev–Trinajstić information content (AvgIpc) is 2.44. The van der Waals surface area contributed by atoms with Gasteiger partial charge in [0.25, 0.3) is 5.69 Å². The third-order valence-corrected chi connectivity index (χ3v) is 4.26. The molecule has 1 atom stereocenters. The maximum Gasteiger partial charge on any atom is 0.293 e. The van der Waals surface area contributed by atoms with E-state index in [1.807, 2.05) is 0 Å². The fraction of sp³-hybridized carbons (Fsp3) is 0.364. The van der Waals surface area contributed by atoms with Gasteiger partial charge < -0.3 is 10.6 Å². The molecular weight excluding hydrogens is 300 g/mol. The lowest BCUT2D eigenvalue weighted by molar-refractivity contribution is -0.384. The molecule has 1 unspecified atom stereocenters. The van der Waals surface area contributed by atoms with Gasteiger partial charge in [0, 0.05) is 20.2 Å². The zero-order valence-electron chi connectivity index (χ0n) is 11.7. The summed E-state index contributed by atoms with van der Waals surface area (Å²) in [5.74, 6) is -0.514. The summed E-state index contributed by atoms with van der Waals surface area (Å²) in [6.07, 6.45) is 0. The number of hydrogen-bond donors (Lipinski definition) is 3. The van der Waals surface area contributed by atoms with Crippen LogP contribution in [0.3, 0.4) is 0 Å². The minimum Gasteiger partial charge on any atom is -0.383 e. The zero-order valence-corrected chi connectivity index (χ0v) is 12.5. The monoisotopic (exact) mass is 316 g/mol. The fourth-order valence-electron chi connectivity index (χ4n) is 1.61. The standard InChI is InChI=1S/C11H16N4O5S/c1-7(11(16)13-3)14-21(19,20)8-4-5-9(12-2)10(6-8)15(17)18/h4-7,12,14H,1-3H3,(H,13,16). The van der Waals surface area contributed by atoms with Gasteiger partial charge in [-0.1, -0.05) is 0 Å². The van der Waals surface area contributed by atoms with Crippen LogP contribution in [0.1, 0.15) is 6.92 Å². The Morgan fingerprint density at radius 2 is 1.95 bits per heavy atom. The zero-order chi connectivity index (χ0) is 16.2. The van der Waals surface area contributed by atoms with Gasteiger partial charge >= 0.3 is 0 Å². The number of nitrogens with zero attached hydrogens (tertiary/aromatic N) is 1. The number of benzene rings is 1. The molecule has 1 aromatic carbocycles. The molecule has 0 saturated heterocycles. The summed E-state index contributed by atoms with van der Waals surface area (Å²) in [6, 6.07) is 2.45. The van der Waals surface area contributed by atoms with Crippen LogP contribution in [-0.4, -0.2) is 39.4 Å². The van der Waals surface area contributed by atoms with E-state index in [2.05, 4.69) is 15.4 Å². The van der Waals surface area contributed by atoms with Crippen molar-refractivity contribution in [3.05, 3.63) is 28.3 Å². The number of nitro benzene ring substituents is 1. The number of amides is 1. The van der Waals surface area contributed by atoms with Crippen LogP contribution < -0.4 is 15.4 Å². The minimum absolute atomic E-state index is 0.193. The maximum atomic E-state index is 12.1. The van der Waals surface area contributed by atoms with Crippen molar-refractivity contribution in [3.63, 3.8) is 0 Å². The molecule has 0 aromatic heterocycles. The van der Waals surface area contributed by atoms with Crippen molar-refractivity contribution in [3.8, 4) is 0 Å². The topological polar surface area (TPSA) is 130 Å². The first kappa shape index (κ1) is 16.9. The lowest BCUT2D eigenvalue weighted by Gasteiger charge is -2.13. The van der Waals surface area contributed by atoms with Crippen LogP contribution in [-0.2, 0) is 14.8 Å². The van der Waals surface area contributed by atoms with E-state index in [9.17, 15) is 23.3 Å². The molecule has 21 heavy (non-hydrogen) atoms. The van der Waals surface area contributed by atoms with Gasteiger partial charge in [-0.05, 0) is 19.1 Å². The minimum atomic E-state index is -4.04. The van der Waals surface area contributed by atoms with Crippen molar-refractivity contribution in [1.29, 1.82) is 0 Å². The first-order valence-electron chi connectivity index (χ1n) is 5.93. The van der Waals surface area contributed by atoms with Crippen LogP contribution in [0.25, 0.3) is 0 Å². The van der Waals surface area contributed by atoms with Gasteiger partial charge in [0.05, 0.1) is 15.9 Å². The summed E-state index contributed by atoms with van der Waals surface area (Å²) in [4.78, 5) is 21.3. The first-order valence-corrected chi connectivity index (χ1v) is 7.41. The molecule has 3 N–H and O–H groups in total. The summed E-state index contributed by atoms with van der Waals surface area (Å²) in [7, 11) is -1.18. The molecule has 0 fully saturated rings. The fourth-order valence-corrected chi connectivity index (χ4v) is 2.83. The Bertz CT molecular complexity index is 659. The van der Waals surface area contributed by atoms with Crippen LogP contribution >= 0.6 is 0 Å². The van der Waals surface area contributed by atoms with Gasteiger partial charge in [-0.25, -0.2) is 8.42 Å². The number of sulfonamides is 1. The quantitative estimate of drug-likeness (QED) is 0.502. The predicted octanol–water partition coefficient (Wildman–Crippen LogP) is 0.0493. The second kappa shape index (κ2) is 6.50. The molecule has 0 aliphatic heterocycles. The molecule has 1 aromatic rings. The molecular formula is C11H16N4O5S. The Kier molecular flexibility index (Phi) is 5.22. The van der Waals surface area contributed by atoms with Crippen LogP contribution in [0.15, 0.2) is 23.1 Å². The summed E-state index contributed by atoms with van der Waals surface area (Å²) >= 11 is 0. The average molecular weight is 316 g/mol. The number of nitro groups is 1. The van der Waals surface area contributed by atoms with E-state index >= 15 is 0 Å². The Balaban J connectivity index is 3.18. The van der Waals surface area contributed by atoms with Crippen LogP contribution in [0.4, 0.5) is 11.4 Å². The molecule has 0 aliphatic carbocycles. The van der Waals surface area contributed by atoms with Crippen molar-refractivity contribution < 1.29 is 18.1 Å². The highest BCUT2D eigenvalue weighted by Crippen LogP contribution is 2.27. The van der Waals surface area contributed by atoms with E-state index in [-0.39, 0.29) is 16.3 Å². The van der Waals surface area contributed by atoms with Gasteiger partial charge in [-0.3, -0.25) is 14.9 Å². The second-order valence-electron chi connectivity index (χ2n) is 4.14. The summed E-state index contributed by atoms with van der Waals surface area (Å²) in [6.45, 7) is 1.37. The van der Waals surface area contributed by atoms with E-state index in [1.54, 1.807) is 0 Å². The van der Waals surface area contributed by atoms with Crippen LogP contribution in [0.5, 0.6) is 0 Å². The largest absolute Gasteiger partial charge is 0.383 e. The molecule has 0 radical (unpaired) electrons. The Morgan fingerprint density at radius 3 is 2.43 bits per heavy atom. The van der Waals surface area contributed by atoms with E-state index < -0.39 is 26.9 Å².